The van der Waals surface area contributed by atoms with Crippen LogP contribution in [0.25, 0.3) is 0 Å². The fourth-order valence-corrected chi connectivity index (χ4v) is 3.77. The van der Waals surface area contributed by atoms with Crippen molar-refractivity contribution in [2.24, 2.45) is 17.6 Å². The van der Waals surface area contributed by atoms with Crippen molar-refractivity contribution >= 4 is 5.97 Å². The predicted molar refractivity (Wildman–Crippen MR) is 100 cm³/mol. The summed E-state index contributed by atoms with van der Waals surface area (Å²) in [6.45, 7) is 0.775. The van der Waals surface area contributed by atoms with Crippen molar-refractivity contribution in [1.29, 1.82) is 0 Å². The molecule has 1 saturated carbocycles. The van der Waals surface area contributed by atoms with E-state index in [-0.39, 0.29) is 12.1 Å². The largest absolute Gasteiger partial charge is 0.469 e. The van der Waals surface area contributed by atoms with Crippen LogP contribution in [0.3, 0.4) is 0 Å². The quantitative estimate of drug-likeness (QED) is 0.527. The Morgan fingerprint density at radius 2 is 1.84 bits per heavy atom. The first-order chi connectivity index (χ1) is 12.1. The lowest BCUT2D eigenvalue weighted by atomic mass is 9.78. The molecule has 140 valence electrons. The highest BCUT2D eigenvalue weighted by Crippen LogP contribution is 2.36. The van der Waals surface area contributed by atoms with Crippen molar-refractivity contribution in [3.8, 4) is 0 Å². The second-order valence-corrected chi connectivity index (χ2v) is 7.34. The number of aliphatic hydroxyl groups excluding tert-OH is 1. The van der Waals surface area contributed by atoms with Gasteiger partial charge < -0.3 is 15.6 Å². The molecule has 1 aliphatic carbocycles. The average molecular weight is 347 g/mol. The van der Waals surface area contributed by atoms with E-state index in [0.29, 0.717) is 18.3 Å². The van der Waals surface area contributed by atoms with E-state index in [1.54, 1.807) is 0 Å². The number of esters is 1. The Labute approximate surface area is 151 Å². The van der Waals surface area contributed by atoms with Crippen LogP contribution in [0.5, 0.6) is 0 Å². The lowest BCUT2D eigenvalue weighted by Gasteiger charge is -2.31. The number of benzene rings is 1. The van der Waals surface area contributed by atoms with Gasteiger partial charge >= 0.3 is 5.97 Å². The van der Waals surface area contributed by atoms with Gasteiger partial charge in [-0.3, -0.25) is 4.79 Å². The van der Waals surface area contributed by atoms with Crippen molar-refractivity contribution in [2.45, 2.75) is 63.9 Å². The molecule has 3 N–H and O–H groups in total. The summed E-state index contributed by atoms with van der Waals surface area (Å²) in [6, 6.07) is 8.40. The number of nitrogens with two attached hydrogens (primary N) is 1. The summed E-state index contributed by atoms with van der Waals surface area (Å²) >= 11 is 0. The summed E-state index contributed by atoms with van der Waals surface area (Å²) < 4.78 is 4.64. The molecule has 1 aromatic carbocycles. The molecular weight excluding hydrogens is 314 g/mol. The van der Waals surface area contributed by atoms with Gasteiger partial charge in [0.1, 0.15) is 0 Å². The maximum atomic E-state index is 11.1. The van der Waals surface area contributed by atoms with E-state index in [9.17, 15) is 9.90 Å². The number of aryl methyl sites for hydroxylation is 1. The van der Waals surface area contributed by atoms with E-state index in [1.165, 1.54) is 12.7 Å². The van der Waals surface area contributed by atoms with E-state index in [2.05, 4.69) is 29.0 Å². The molecule has 0 heterocycles. The highest BCUT2D eigenvalue weighted by atomic mass is 16.5. The summed E-state index contributed by atoms with van der Waals surface area (Å²) in [5.74, 6) is 0.885. The van der Waals surface area contributed by atoms with Crippen LogP contribution in [0.1, 0.15) is 68.6 Å². The van der Waals surface area contributed by atoms with Gasteiger partial charge in [-0.25, -0.2) is 0 Å². The van der Waals surface area contributed by atoms with Crippen molar-refractivity contribution in [2.75, 3.05) is 13.7 Å². The Kier molecular flexibility index (Phi) is 8.42. The molecule has 0 radical (unpaired) electrons. The van der Waals surface area contributed by atoms with Gasteiger partial charge in [0, 0.05) is 6.42 Å². The molecule has 0 aliphatic heterocycles. The zero-order valence-electron chi connectivity index (χ0n) is 15.5. The zero-order chi connectivity index (χ0) is 18.1. The topological polar surface area (TPSA) is 72.5 Å². The van der Waals surface area contributed by atoms with Gasteiger partial charge in [-0.1, -0.05) is 30.7 Å². The second kappa shape index (κ2) is 10.6. The maximum Gasteiger partial charge on any atom is 0.305 e. The van der Waals surface area contributed by atoms with Gasteiger partial charge in [-0.05, 0) is 74.5 Å². The molecular formula is C21H33NO3. The van der Waals surface area contributed by atoms with Crippen LogP contribution in [0.15, 0.2) is 24.3 Å². The Morgan fingerprint density at radius 3 is 2.44 bits per heavy atom. The second-order valence-electron chi connectivity index (χ2n) is 7.34. The number of methoxy groups -OCH3 is 1. The van der Waals surface area contributed by atoms with Crippen molar-refractivity contribution in [3.05, 3.63) is 35.4 Å². The highest BCUT2D eigenvalue weighted by Gasteiger charge is 2.26. The minimum Gasteiger partial charge on any atom is -0.469 e. The third-order valence-electron chi connectivity index (χ3n) is 5.57. The van der Waals surface area contributed by atoms with Crippen LogP contribution < -0.4 is 5.73 Å². The monoisotopic (exact) mass is 347 g/mol. The molecule has 1 fully saturated rings. The number of ether oxygens (including phenoxy) is 1. The molecule has 1 atom stereocenters. The average Bonchev–Trinajstić information content (AvgIpc) is 2.67. The normalized spacial score (nSPS) is 21.7. The Balaban J connectivity index is 1.73. The molecule has 1 aromatic rings. The number of hydrogen-bond acceptors (Lipinski definition) is 4. The predicted octanol–water partition coefficient (Wildman–Crippen LogP) is 3.76. The van der Waals surface area contributed by atoms with Gasteiger partial charge in [-0.2, -0.15) is 0 Å². The fraction of sp³-hybridized carbons (Fsp3) is 0.667. The lowest BCUT2D eigenvalue weighted by molar-refractivity contribution is -0.140. The number of aliphatic hydroxyl groups is 1. The van der Waals surface area contributed by atoms with Crippen LogP contribution in [-0.4, -0.2) is 24.7 Å². The summed E-state index contributed by atoms with van der Waals surface area (Å²) in [5, 5.41) is 10.6. The number of hydrogen-bond donors (Lipinski definition) is 2. The van der Waals surface area contributed by atoms with Gasteiger partial charge in [0.15, 0.2) is 0 Å². The molecule has 1 unspecified atom stereocenters. The number of unbranched alkanes of at least 4 members (excludes halogenated alkanes) is 2. The number of rotatable bonds is 9. The maximum absolute atomic E-state index is 11.1. The fourth-order valence-electron chi connectivity index (χ4n) is 3.77. The van der Waals surface area contributed by atoms with Gasteiger partial charge in [-0.15, -0.1) is 0 Å². The van der Waals surface area contributed by atoms with E-state index in [1.807, 2.05) is 0 Å². The Bertz CT molecular complexity index is 506. The molecule has 1 aliphatic rings. The zero-order valence-corrected chi connectivity index (χ0v) is 15.5. The van der Waals surface area contributed by atoms with Crippen LogP contribution in [0.2, 0.25) is 0 Å². The van der Waals surface area contributed by atoms with E-state index in [4.69, 9.17) is 5.73 Å². The first-order valence-corrected chi connectivity index (χ1v) is 9.67. The minimum atomic E-state index is -0.354. The molecule has 0 bridgehead atoms. The smallest absolute Gasteiger partial charge is 0.305 e. The van der Waals surface area contributed by atoms with Gasteiger partial charge in [0.05, 0.1) is 13.2 Å². The standard InChI is InChI=1S/C21H33NO3/c1-25-20(23)6-4-2-3-5-16-7-11-18(12-8-16)21(24)19-13-9-17(15-22)10-14-19/h7-8,11-12,17,19,21,24H,2-6,9-10,13-15,22H2,1H3. The molecule has 0 aromatic heterocycles. The Hall–Kier alpha value is -1.39. The number of carbonyl (C=O) groups is 1. The van der Waals surface area contributed by atoms with Gasteiger partial charge in [0.25, 0.3) is 0 Å². The van der Waals surface area contributed by atoms with Crippen LogP contribution >= 0.6 is 0 Å². The molecule has 2 rings (SSSR count). The minimum absolute atomic E-state index is 0.126. The van der Waals surface area contributed by atoms with Crippen LogP contribution in [0, 0.1) is 11.8 Å². The molecule has 0 amide bonds. The molecule has 0 saturated heterocycles. The molecule has 4 heteroatoms. The van der Waals surface area contributed by atoms with Gasteiger partial charge in [0.2, 0.25) is 0 Å². The molecule has 0 spiro atoms. The first kappa shape index (κ1) is 19.9. The highest BCUT2D eigenvalue weighted by molar-refractivity contribution is 5.68. The summed E-state index contributed by atoms with van der Waals surface area (Å²) in [7, 11) is 1.43. The van der Waals surface area contributed by atoms with Crippen LogP contribution in [-0.2, 0) is 16.0 Å². The third-order valence-corrected chi connectivity index (χ3v) is 5.57. The molecule has 25 heavy (non-hydrogen) atoms. The third kappa shape index (κ3) is 6.44. The number of carbonyl (C=O) groups excluding carboxylic acids is 1. The SMILES string of the molecule is COC(=O)CCCCCc1ccc(C(O)C2CCC(CN)CC2)cc1. The summed E-state index contributed by atoms with van der Waals surface area (Å²) in [5.41, 5.74) is 8.07. The van der Waals surface area contributed by atoms with E-state index >= 15 is 0 Å². The van der Waals surface area contributed by atoms with Crippen molar-refractivity contribution in [1.82, 2.24) is 0 Å². The summed E-state index contributed by atoms with van der Waals surface area (Å²) in [4.78, 5) is 11.1. The lowest BCUT2D eigenvalue weighted by Crippen LogP contribution is -2.24. The van der Waals surface area contributed by atoms with Crippen molar-refractivity contribution < 1.29 is 14.6 Å². The van der Waals surface area contributed by atoms with Crippen molar-refractivity contribution in [3.63, 3.8) is 0 Å². The van der Waals surface area contributed by atoms with E-state index in [0.717, 1.165) is 63.5 Å². The summed E-state index contributed by atoms with van der Waals surface area (Å²) in [6.07, 6.45) is 8.58. The van der Waals surface area contributed by atoms with Crippen LogP contribution in [0.4, 0.5) is 0 Å². The first-order valence-electron chi connectivity index (χ1n) is 9.67. The van der Waals surface area contributed by atoms with E-state index < -0.39 is 0 Å². The molecule has 4 nitrogen and oxygen atoms in total. The Morgan fingerprint density at radius 1 is 1.16 bits per heavy atom.